The van der Waals surface area contributed by atoms with Crippen LogP contribution in [0.1, 0.15) is 25.8 Å². The van der Waals surface area contributed by atoms with Crippen LogP contribution in [0.25, 0.3) is 0 Å². The van der Waals surface area contributed by atoms with Gasteiger partial charge in [0.15, 0.2) is 0 Å². The Balaban J connectivity index is 2.37. The summed E-state index contributed by atoms with van der Waals surface area (Å²) in [6.07, 6.45) is 2.39. The van der Waals surface area contributed by atoms with Crippen molar-refractivity contribution in [2.75, 3.05) is 6.54 Å². The van der Waals surface area contributed by atoms with Crippen LogP contribution in [0.4, 0.5) is 0 Å². The number of thiophene rings is 1. The normalized spacial score (nSPS) is 13.2. The molecule has 0 aromatic carbocycles. The van der Waals surface area contributed by atoms with E-state index in [0.717, 1.165) is 6.54 Å². The Hall–Kier alpha value is -0.340. The first-order valence-corrected chi connectivity index (χ1v) is 5.55. The first-order chi connectivity index (χ1) is 5.86. The summed E-state index contributed by atoms with van der Waals surface area (Å²) in [7, 11) is 0. The van der Waals surface area contributed by atoms with Gasteiger partial charge >= 0.3 is 0 Å². The molecule has 0 spiro atoms. The molecule has 0 bridgehead atoms. The monoisotopic (exact) mass is 183 g/mol. The van der Waals surface area contributed by atoms with Gasteiger partial charge in [-0.1, -0.05) is 13.8 Å². The summed E-state index contributed by atoms with van der Waals surface area (Å²) in [5, 5.41) is 7.86. The Bertz CT molecular complexity index is 194. The largest absolute Gasteiger partial charge is 0.314 e. The fraction of sp³-hybridized carbons (Fsp3) is 0.600. The molecule has 2 heteroatoms. The van der Waals surface area contributed by atoms with E-state index in [2.05, 4.69) is 36.0 Å². The molecule has 0 fully saturated rings. The van der Waals surface area contributed by atoms with Gasteiger partial charge in [-0.15, -0.1) is 0 Å². The van der Waals surface area contributed by atoms with Gasteiger partial charge < -0.3 is 5.32 Å². The van der Waals surface area contributed by atoms with Crippen molar-refractivity contribution in [3.63, 3.8) is 0 Å². The Morgan fingerprint density at radius 2 is 2.33 bits per heavy atom. The summed E-state index contributed by atoms with van der Waals surface area (Å²) in [6, 6.07) is 2.87. The van der Waals surface area contributed by atoms with E-state index in [-0.39, 0.29) is 0 Å². The van der Waals surface area contributed by atoms with Crippen molar-refractivity contribution in [3.8, 4) is 0 Å². The molecule has 0 amide bonds. The lowest BCUT2D eigenvalue weighted by molar-refractivity contribution is 0.511. The number of hydrogen-bond donors (Lipinski definition) is 1. The molecule has 1 atom stereocenters. The zero-order valence-corrected chi connectivity index (χ0v) is 8.66. The fourth-order valence-corrected chi connectivity index (χ4v) is 2.02. The zero-order valence-electron chi connectivity index (χ0n) is 7.84. The predicted molar refractivity (Wildman–Crippen MR) is 55.8 cm³/mol. The highest BCUT2D eigenvalue weighted by molar-refractivity contribution is 7.07. The smallest absolute Gasteiger partial charge is 0.0105 e. The Morgan fingerprint density at radius 1 is 1.50 bits per heavy atom. The van der Waals surface area contributed by atoms with Gasteiger partial charge in [-0.3, -0.25) is 0 Å². The summed E-state index contributed by atoms with van der Waals surface area (Å²) in [6.45, 7) is 5.47. The molecule has 0 aliphatic carbocycles. The summed E-state index contributed by atoms with van der Waals surface area (Å²) in [4.78, 5) is 0. The first kappa shape index (κ1) is 9.75. The third-order valence-electron chi connectivity index (χ3n) is 2.05. The molecule has 1 aromatic rings. The summed E-state index contributed by atoms with van der Waals surface area (Å²) >= 11 is 1.78. The van der Waals surface area contributed by atoms with Crippen LogP contribution < -0.4 is 5.32 Å². The van der Waals surface area contributed by atoms with E-state index in [1.807, 2.05) is 0 Å². The molecule has 0 aliphatic rings. The first-order valence-electron chi connectivity index (χ1n) is 4.61. The number of rotatable bonds is 5. The number of hydrogen-bond acceptors (Lipinski definition) is 2. The topological polar surface area (TPSA) is 12.0 Å². The Morgan fingerprint density at radius 3 is 2.83 bits per heavy atom. The average molecular weight is 183 g/mol. The highest BCUT2D eigenvalue weighted by Crippen LogP contribution is 2.09. The third kappa shape index (κ3) is 2.95. The minimum absolute atomic E-state index is 0.657. The molecule has 0 saturated heterocycles. The summed E-state index contributed by atoms with van der Waals surface area (Å²) in [5.41, 5.74) is 1.47. The molecule has 1 N–H and O–H groups in total. The maximum Gasteiger partial charge on any atom is 0.0105 e. The Labute approximate surface area is 78.8 Å². The lowest BCUT2D eigenvalue weighted by Gasteiger charge is -2.14. The number of nitrogens with one attached hydrogen (secondary N) is 1. The van der Waals surface area contributed by atoms with Crippen molar-refractivity contribution >= 4 is 11.3 Å². The van der Waals surface area contributed by atoms with E-state index in [1.54, 1.807) is 11.3 Å². The van der Waals surface area contributed by atoms with E-state index < -0.39 is 0 Å². The SMILES string of the molecule is CCNC(CC)Cc1ccsc1. The Kier molecular flexibility index (Phi) is 4.33. The van der Waals surface area contributed by atoms with Crippen LogP contribution in [-0.2, 0) is 6.42 Å². The van der Waals surface area contributed by atoms with E-state index in [4.69, 9.17) is 0 Å². The minimum atomic E-state index is 0.657. The quantitative estimate of drug-likeness (QED) is 0.740. The van der Waals surface area contributed by atoms with Crippen LogP contribution in [-0.4, -0.2) is 12.6 Å². The van der Waals surface area contributed by atoms with Gasteiger partial charge in [0.05, 0.1) is 0 Å². The van der Waals surface area contributed by atoms with Gasteiger partial charge in [-0.05, 0) is 41.8 Å². The van der Waals surface area contributed by atoms with Crippen LogP contribution in [0, 0.1) is 0 Å². The van der Waals surface area contributed by atoms with Gasteiger partial charge in [0.25, 0.3) is 0 Å². The molecule has 0 saturated carbocycles. The average Bonchev–Trinajstić information content (AvgIpc) is 2.56. The molecule has 12 heavy (non-hydrogen) atoms. The van der Waals surface area contributed by atoms with Gasteiger partial charge in [0, 0.05) is 6.04 Å². The molecule has 1 aromatic heterocycles. The second-order valence-electron chi connectivity index (χ2n) is 3.00. The maximum atomic E-state index is 3.48. The minimum Gasteiger partial charge on any atom is -0.314 e. The highest BCUT2D eigenvalue weighted by Gasteiger charge is 2.04. The number of likely N-dealkylation sites (N-methyl/N-ethyl adjacent to an activating group) is 1. The van der Waals surface area contributed by atoms with Crippen molar-refractivity contribution < 1.29 is 0 Å². The van der Waals surface area contributed by atoms with Crippen LogP contribution in [0.15, 0.2) is 16.8 Å². The van der Waals surface area contributed by atoms with Gasteiger partial charge in [0.2, 0.25) is 0 Å². The lowest BCUT2D eigenvalue weighted by Crippen LogP contribution is -2.29. The standard InChI is InChI=1S/C10H17NS/c1-3-10(11-4-2)7-9-5-6-12-8-9/h5-6,8,10-11H,3-4,7H2,1-2H3. The van der Waals surface area contributed by atoms with Crippen LogP contribution >= 0.6 is 11.3 Å². The molecular formula is C10H17NS. The van der Waals surface area contributed by atoms with Gasteiger partial charge in [-0.2, -0.15) is 11.3 Å². The lowest BCUT2D eigenvalue weighted by atomic mass is 10.1. The van der Waals surface area contributed by atoms with Crippen molar-refractivity contribution in [3.05, 3.63) is 22.4 Å². The summed E-state index contributed by atoms with van der Waals surface area (Å²) in [5.74, 6) is 0. The van der Waals surface area contributed by atoms with Gasteiger partial charge in [-0.25, -0.2) is 0 Å². The van der Waals surface area contributed by atoms with Crippen LogP contribution in [0.5, 0.6) is 0 Å². The molecule has 1 rings (SSSR count). The molecular weight excluding hydrogens is 166 g/mol. The molecule has 0 aliphatic heterocycles. The van der Waals surface area contributed by atoms with Crippen molar-refractivity contribution in [1.29, 1.82) is 0 Å². The zero-order chi connectivity index (χ0) is 8.81. The second-order valence-corrected chi connectivity index (χ2v) is 3.78. The highest BCUT2D eigenvalue weighted by atomic mass is 32.1. The van der Waals surface area contributed by atoms with Crippen molar-refractivity contribution in [1.82, 2.24) is 5.32 Å². The van der Waals surface area contributed by atoms with Crippen molar-refractivity contribution in [2.45, 2.75) is 32.7 Å². The second kappa shape index (κ2) is 5.33. The van der Waals surface area contributed by atoms with Gasteiger partial charge in [0.1, 0.15) is 0 Å². The van der Waals surface area contributed by atoms with E-state index >= 15 is 0 Å². The fourth-order valence-electron chi connectivity index (χ4n) is 1.34. The maximum absolute atomic E-state index is 3.48. The predicted octanol–water partition coefficient (Wildman–Crippen LogP) is 2.68. The van der Waals surface area contributed by atoms with E-state index in [1.165, 1.54) is 18.4 Å². The third-order valence-corrected chi connectivity index (χ3v) is 2.78. The van der Waals surface area contributed by atoms with Crippen LogP contribution in [0.3, 0.4) is 0 Å². The molecule has 1 nitrogen and oxygen atoms in total. The van der Waals surface area contributed by atoms with E-state index in [0.29, 0.717) is 6.04 Å². The molecule has 1 unspecified atom stereocenters. The van der Waals surface area contributed by atoms with Crippen LogP contribution in [0.2, 0.25) is 0 Å². The van der Waals surface area contributed by atoms with Crippen molar-refractivity contribution in [2.24, 2.45) is 0 Å². The molecule has 1 heterocycles. The molecule has 68 valence electrons. The molecule has 0 radical (unpaired) electrons. The van der Waals surface area contributed by atoms with E-state index in [9.17, 15) is 0 Å². The summed E-state index contributed by atoms with van der Waals surface area (Å²) < 4.78 is 0.